The van der Waals surface area contributed by atoms with Gasteiger partial charge in [-0.15, -0.1) is 11.3 Å². The second-order valence-electron chi connectivity index (χ2n) is 6.43. The molecule has 0 spiro atoms. The molecule has 158 valence electrons. The van der Waals surface area contributed by atoms with Crippen molar-refractivity contribution in [3.8, 4) is 11.5 Å². The van der Waals surface area contributed by atoms with Gasteiger partial charge in [0.1, 0.15) is 16.7 Å². The second kappa shape index (κ2) is 8.54. The Balaban J connectivity index is 2.01. The Bertz CT molecular complexity index is 1180. The van der Waals surface area contributed by atoms with Crippen molar-refractivity contribution >= 4 is 39.1 Å². The van der Waals surface area contributed by atoms with Gasteiger partial charge in [0.25, 0.3) is 5.56 Å². The topological polar surface area (TPSA) is 120 Å². The van der Waals surface area contributed by atoms with Crippen molar-refractivity contribution in [1.29, 1.82) is 0 Å². The molecule has 0 aliphatic heterocycles. The number of fused-ring (bicyclic) bond motifs is 1. The molecule has 1 aromatic carbocycles. The SMILES string of the molecule is CCc1nc2scc(C(=O)O)c2c(=O)n1C(C)C(=O)Nc1ccc(OC)c(OC)c1. The summed E-state index contributed by atoms with van der Waals surface area (Å²) in [6, 6.07) is 3.99. The molecule has 0 radical (unpaired) electrons. The standard InChI is InChI=1S/C20H21N3O6S/c1-5-15-22-18-16(12(9-30-18)20(26)27)19(25)23(15)10(2)17(24)21-11-6-7-13(28-3)14(8-11)29-4/h6-10H,5H2,1-4H3,(H,21,24)(H,26,27). The number of anilines is 1. The molecule has 0 bridgehead atoms. The number of carboxylic acid groups (broad SMARTS) is 1. The van der Waals surface area contributed by atoms with Crippen LogP contribution in [0.2, 0.25) is 0 Å². The van der Waals surface area contributed by atoms with Crippen molar-refractivity contribution in [2.75, 3.05) is 19.5 Å². The highest BCUT2D eigenvalue weighted by atomic mass is 32.1. The number of aryl methyl sites for hydroxylation is 1. The Hall–Kier alpha value is -3.40. The van der Waals surface area contributed by atoms with E-state index in [2.05, 4.69) is 10.3 Å². The minimum atomic E-state index is -1.21. The van der Waals surface area contributed by atoms with E-state index in [0.29, 0.717) is 34.3 Å². The Labute approximate surface area is 175 Å². The summed E-state index contributed by atoms with van der Waals surface area (Å²) in [6.07, 6.45) is 0.402. The first-order chi connectivity index (χ1) is 14.3. The van der Waals surface area contributed by atoms with Crippen LogP contribution in [-0.4, -0.2) is 40.8 Å². The lowest BCUT2D eigenvalue weighted by atomic mass is 10.2. The van der Waals surface area contributed by atoms with Gasteiger partial charge in [-0.3, -0.25) is 14.2 Å². The van der Waals surface area contributed by atoms with Crippen LogP contribution in [-0.2, 0) is 11.2 Å². The number of hydrogen-bond donors (Lipinski definition) is 2. The van der Waals surface area contributed by atoms with E-state index in [1.807, 2.05) is 6.92 Å². The summed E-state index contributed by atoms with van der Waals surface area (Å²) < 4.78 is 11.7. The van der Waals surface area contributed by atoms with E-state index in [9.17, 15) is 19.5 Å². The molecule has 9 nitrogen and oxygen atoms in total. The molecule has 0 fully saturated rings. The maximum Gasteiger partial charge on any atom is 0.337 e. The third kappa shape index (κ3) is 3.73. The lowest BCUT2D eigenvalue weighted by Crippen LogP contribution is -2.34. The van der Waals surface area contributed by atoms with Gasteiger partial charge in [0.2, 0.25) is 5.91 Å². The van der Waals surface area contributed by atoms with Gasteiger partial charge >= 0.3 is 5.97 Å². The maximum atomic E-state index is 13.1. The quantitative estimate of drug-likeness (QED) is 0.590. The molecule has 1 amide bonds. The molecular formula is C20H21N3O6S. The highest BCUT2D eigenvalue weighted by Crippen LogP contribution is 2.30. The molecule has 0 saturated heterocycles. The number of thiophene rings is 1. The molecule has 30 heavy (non-hydrogen) atoms. The molecule has 2 heterocycles. The number of carboxylic acids is 1. The zero-order valence-electron chi connectivity index (χ0n) is 16.9. The van der Waals surface area contributed by atoms with Gasteiger partial charge in [0, 0.05) is 23.6 Å². The van der Waals surface area contributed by atoms with Gasteiger partial charge < -0.3 is 19.9 Å². The number of rotatable bonds is 7. The number of aromatic nitrogens is 2. The summed E-state index contributed by atoms with van der Waals surface area (Å²) in [6.45, 7) is 3.38. The van der Waals surface area contributed by atoms with E-state index in [1.54, 1.807) is 25.1 Å². The first-order valence-electron chi connectivity index (χ1n) is 9.11. The summed E-state index contributed by atoms with van der Waals surface area (Å²) in [5, 5.41) is 13.5. The Morgan fingerprint density at radius 1 is 1.27 bits per heavy atom. The van der Waals surface area contributed by atoms with Crippen molar-refractivity contribution in [3.05, 3.63) is 45.3 Å². The molecule has 0 saturated carbocycles. The van der Waals surface area contributed by atoms with E-state index >= 15 is 0 Å². The predicted octanol–water partition coefficient (Wildman–Crippen LogP) is 2.94. The molecule has 3 aromatic rings. The van der Waals surface area contributed by atoms with Gasteiger partial charge in [-0.25, -0.2) is 9.78 Å². The van der Waals surface area contributed by atoms with Crippen molar-refractivity contribution in [2.45, 2.75) is 26.3 Å². The largest absolute Gasteiger partial charge is 0.493 e. The van der Waals surface area contributed by atoms with E-state index in [1.165, 1.54) is 24.2 Å². The molecule has 2 N–H and O–H groups in total. The number of nitrogens with zero attached hydrogens (tertiary/aromatic N) is 2. The normalized spacial score (nSPS) is 11.9. The van der Waals surface area contributed by atoms with E-state index < -0.39 is 23.5 Å². The number of carbonyl (C=O) groups is 2. The molecule has 1 atom stereocenters. The van der Waals surface area contributed by atoms with Crippen molar-refractivity contribution in [2.24, 2.45) is 0 Å². The summed E-state index contributed by atoms with van der Waals surface area (Å²) in [4.78, 5) is 42.3. The van der Waals surface area contributed by atoms with Gasteiger partial charge in [-0.05, 0) is 19.1 Å². The predicted molar refractivity (Wildman–Crippen MR) is 113 cm³/mol. The molecular weight excluding hydrogens is 410 g/mol. The van der Waals surface area contributed by atoms with E-state index in [-0.39, 0.29) is 10.9 Å². The Morgan fingerprint density at radius 3 is 2.57 bits per heavy atom. The lowest BCUT2D eigenvalue weighted by Gasteiger charge is -2.19. The zero-order valence-corrected chi connectivity index (χ0v) is 17.7. The summed E-state index contributed by atoms with van der Waals surface area (Å²) >= 11 is 1.09. The van der Waals surface area contributed by atoms with Crippen LogP contribution >= 0.6 is 11.3 Å². The monoisotopic (exact) mass is 431 g/mol. The molecule has 10 heteroatoms. The average Bonchev–Trinajstić information content (AvgIpc) is 3.17. The molecule has 0 aliphatic rings. The first kappa shape index (κ1) is 21.3. The van der Waals surface area contributed by atoms with Crippen molar-refractivity contribution in [1.82, 2.24) is 9.55 Å². The van der Waals surface area contributed by atoms with Crippen LogP contribution in [0.4, 0.5) is 5.69 Å². The minimum absolute atomic E-state index is 0.00969. The Kier molecular flexibility index (Phi) is 6.06. The van der Waals surface area contributed by atoms with Crippen LogP contribution in [0.1, 0.15) is 36.1 Å². The van der Waals surface area contributed by atoms with Gasteiger partial charge in [0.05, 0.1) is 25.2 Å². The van der Waals surface area contributed by atoms with Crippen LogP contribution in [0.25, 0.3) is 10.2 Å². The molecule has 2 aromatic heterocycles. The maximum absolute atomic E-state index is 13.1. The smallest absolute Gasteiger partial charge is 0.337 e. The Morgan fingerprint density at radius 2 is 1.97 bits per heavy atom. The van der Waals surface area contributed by atoms with Crippen LogP contribution in [0.3, 0.4) is 0 Å². The number of nitrogens with one attached hydrogen (secondary N) is 1. The van der Waals surface area contributed by atoms with Crippen molar-refractivity contribution < 1.29 is 24.2 Å². The third-order valence-corrected chi connectivity index (χ3v) is 5.55. The van der Waals surface area contributed by atoms with Crippen molar-refractivity contribution in [3.63, 3.8) is 0 Å². The number of carbonyl (C=O) groups excluding carboxylic acids is 1. The molecule has 0 aliphatic carbocycles. The van der Waals surface area contributed by atoms with Crippen LogP contribution < -0.4 is 20.3 Å². The fourth-order valence-electron chi connectivity index (χ4n) is 3.13. The lowest BCUT2D eigenvalue weighted by molar-refractivity contribution is -0.118. The third-order valence-electron chi connectivity index (χ3n) is 4.68. The number of ether oxygens (including phenoxy) is 2. The van der Waals surface area contributed by atoms with E-state index in [4.69, 9.17) is 9.47 Å². The number of benzene rings is 1. The second-order valence-corrected chi connectivity index (χ2v) is 7.28. The molecule has 1 unspecified atom stereocenters. The van der Waals surface area contributed by atoms with Crippen LogP contribution in [0.15, 0.2) is 28.4 Å². The van der Waals surface area contributed by atoms with Crippen LogP contribution in [0, 0.1) is 0 Å². The zero-order chi connectivity index (χ0) is 22.0. The van der Waals surface area contributed by atoms with Crippen LogP contribution in [0.5, 0.6) is 11.5 Å². The number of aromatic carboxylic acids is 1. The summed E-state index contributed by atoms with van der Waals surface area (Å²) in [7, 11) is 3.00. The van der Waals surface area contributed by atoms with Gasteiger partial charge in [-0.1, -0.05) is 6.92 Å². The number of hydrogen-bond acceptors (Lipinski definition) is 7. The highest BCUT2D eigenvalue weighted by molar-refractivity contribution is 7.17. The minimum Gasteiger partial charge on any atom is -0.493 e. The van der Waals surface area contributed by atoms with Gasteiger partial charge in [-0.2, -0.15) is 0 Å². The first-order valence-corrected chi connectivity index (χ1v) is 9.99. The summed E-state index contributed by atoms with van der Waals surface area (Å²) in [5.41, 5.74) is -0.201. The highest BCUT2D eigenvalue weighted by Gasteiger charge is 2.25. The summed E-state index contributed by atoms with van der Waals surface area (Å²) in [5.74, 6) is -0.296. The van der Waals surface area contributed by atoms with Gasteiger partial charge in [0.15, 0.2) is 11.5 Å². The fourth-order valence-corrected chi connectivity index (χ4v) is 4.05. The number of amides is 1. The van der Waals surface area contributed by atoms with E-state index in [0.717, 1.165) is 11.3 Å². The number of methoxy groups -OCH3 is 2. The average molecular weight is 431 g/mol. The fraction of sp³-hybridized carbons (Fsp3) is 0.300. The molecule has 3 rings (SSSR count).